The average molecular weight is 529 g/mol. The van der Waals surface area contributed by atoms with Gasteiger partial charge in [-0.2, -0.15) is 0 Å². The summed E-state index contributed by atoms with van der Waals surface area (Å²) in [6, 6.07) is 12.3. The minimum atomic E-state index is -0.213. The highest BCUT2D eigenvalue weighted by atomic mass is 35.5. The lowest BCUT2D eigenvalue weighted by atomic mass is 9.78. The smallest absolute Gasteiger partial charge is 0.226 e. The number of rotatable bonds is 10. The van der Waals surface area contributed by atoms with E-state index in [9.17, 15) is 5.11 Å². The molecule has 5 nitrogen and oxygen atoms in total. The Labute approximate surface area is 229 Å². The van der Waals surface area contributed by atoms with Crippen LogP contribution in [-0.4, -0.2) is 34.6 Å². The second kappa shape index (κ2) is 12.8. The van der Waals surface area contributed by atoms with E-state index < -0.39 is 0 Å². The van der Waals surface area contributed by atoms with Crippen LogP contribution in [0.5, 0.6) is 11.5 Å². The van der Waals surface area contributed by atoms with Gasteiger partial charge in [0.05, 0.1) is 0 Å². The van der Waals surface area contributed by atoms with Gasteiger partial charge in [0.15, 0.2) is 0 Å². The quantitative estimate of drug-likeness (QED) is 0.289. The third-order valence-corrected chi connectivity index (χ3v) is 6.54. The molecule has 1 aromatic heterocycles. The van der Waals surface area contributed by atoms with Gasteiger partial charge in [-0.15, -0.1) is 12.4 Å². The minimum Gasteiger partial charge on any atom is -0.507 e. The van der Waals surface area contributed by atoms with Crippen molar-refractivity contribution in [3.05, 3.63) is 65.0 Å². The van der Waals surface area contributed by atoms with Crippen LogP contribution in [-0.2, 0) is 23.9 Å². The lowest BCUT2D eigenvalue weighted by Crippen LogP contribution is -2.26. The van der Waals surface area contributed by atoms with Gasteiger partial charge < -0.3 is 19.2 Å². The van der Waals surface area contributed by atoms with Crippen molar-refractivity contribution in [3.63, 3.8) is 0 Å². The first-order valence-corrected chi connectivity index (χ1v) is 13.2. The number of aromatic nitrogens is 1. The lowest BCUT2D eigenvalue weighted by Gasteiger charge is -2.27. The minimum absolute atomic E-state index is 0. The monoisotopic (exact) mass is 528 g/mol. The standard InChI is InChI=1S/C31H44N2O3.ClH/c1-9-16-33(10-2)17-15-22-11-13-25(14-12-22)35-20-24-21-36-29(32-24)23-18-26(30(3,4)5)28(34)27(19-23)31(6,7)8;/h11-14,18-19,21,34H,9-10,15-17,20H2,1-8H3;1H. The molecule has 0 aliphatic carbocycles. The molecule has 3 aromatic rings. The zero-order chi connectivity index (χ0) is 26.5. The molecule has 1 N–H and O–H groups in total. The van der Waals surface area contributed by atoms with Gasteiger partial charge in [-0.05, 0) is 66.6 Å². The number of phenolic OH excluding ortho intramolecular Hbond substituents is 1. The van der Waals surface area contributed by atoms with Crippen LogP contribution in [0.1, 0.15) is 84.2 Å². The highest BCUT2D eigenvalue weighted by Crippen LogP contribution is 2.41. The van der Waals surface area contributed by atoms with Crippen LogP contribution >= 0.6 is 12.4 Å². The summed E-state index contributed by atoms with van der Waals surface area (Å²) in [5.41, 5.74) is 4.26. The fourth-order valence-corrected chi connectivity index (χ4v) is 4.35. The SMILES string of the molecule is CCCN(CC)CCc1ccc(OCc2coc(-c3cc(C(C)(C)C)c(O)c(C(C)(C)C)c3)n2)cc1.Cl. The Morgan fingerprint density at radius 2 is 1.51 bits per heavy atom. The third-order valence-electron chi connectivity index (χ3n) is 6.54. The van der Waals surface area contributed by atoms with Gasteiger partial charge >= 0.3 is 0 Å². The Bertz CT molecular complexity index is 1090. The van der Waals surface area contributed by atoms with Crippen molar-refractivity contribution in [3.8, 4) is 23.0 Å². The second-order valence-electron chi connectivity index (χ2n) is 11.7. The summed E-state index contributed by atoms with van der Waals surface area (Å²) in [6.07, 6.45) is 3.88. The van der Waals surface area contributed by atoms with Gasteiger partial charge in [-0.25, -0.2) is 4.98 Å². The first kappa shape index (κ1) is 30.7. The first-order chi connectivity index (χ1) is 16.9. The summed E-state index contributed by atoms with van der Waals surface area (Å²) in [4.78, 5) is 7.17. The van der Waals surface area contributed by atoms with Crippen molar-refractivity contribution < 1.29 is 14.3 Å². The van der Waals surface area contributed by atoms with E-state index in [1.54, 1.807) is 6.26 Å². The molecule has 0 unspecified atom stereocenters. The molecule has 1 heterocycles. The van der Waals surface area contributed by atoms with E-state index >= 15 is 0 Å². The van der Waals surface area contributed by atoms with E-state index in [0.29, 0.717) is 18.2 Å². The number of nitrogens with zero attached hydrogens (tertiary/aromatic N) is 2. The summed E-state index contributed by atoms with van der Waals surface area (Å²) in [5.74, 6) is 1.71. The molecule has 3 rings (SSSR count). The van der Waals surface area contributed by atoms with Crippen LogP contribution in [0.2, 0.25) is 0 Å². The maximum absolute atomic E-state index is 11.0. The summed E-state index contributed by atoms with van der Waals surface area (Å²) in [7, 11) is 0. The Kier molecular flexibility index (Phi) is 10.7. The number of phenols is 1. The number of hydrogen-bond acceptors (Lipinski definition) is 5. The molecule has 0 saturated heterocycles. The van der Waals surface area contributed by atoms with Crippen molar-refractivity contribution >= 4 is 12.4 Å². The van der Waals surface area contributed by atoms with Crippen LogP contribution < -0.4 is 4.74 Å². The zero-order valence-electron chi connectivity index (χ0n) is 23.9. The predicted octanol–water partition coefficient (Wildman–Crippen LogP) is 7.92. The highest BCUT2D eigenvalue weighted by molar-refractivity contribution is 5.85. The van der Waals surface area contributed by atoms with Crippen LogP contribution in [0.3, 0.4) is 0 Å². The highest BCUT2D eigenvalue weighted by Gasteiger charge is 2.27. The molecule has 204 valence electrons. The topological polar surface area (TPSA) is 58.7 Å². The second-order valence-corrected chi connectivity index (χ2v) is 11.7. The van der Waals surface area contributed by atoms with Gasteiger partial charge in [0.25, 0.3) is 0 Å². The van der Waals surface area contributed by atoms with Crippen molar-refractivity contribution in [2.75, 3.05) is 19.6 Å². The number of likely N-dealkylation sites (N-methyl/N-ethyl adjacent to an activating group) is 1. The Morgan fingerprint density at radius 3 is 2.03 bits per heavy atom. The molecule has 0 fully saturated rings. The molecular weight excluding hydrogens is 484 g/mol. The number of hydrogen-bond donors (Lipinski definition) is 1. The fraction of sp³-hybridized carbons (Fsp3) is 0.516. The summed E-state index contributed by atoms with van der Waals surface area (Å²) < 4.78 is 11.8. The van der Waals surface area contributed by atoms with Gasteiger partial charge in [-0.3, -0.25) is 0 Å². The molecule has 0 spiro atoms. The molecule has 0 bridgehead atoms. The number of ether oxygens (including phenoxy) is 1. The Balaban J connectivity index is 0.00000481. The van der Waals surface area contributed by atoms with Crippen LogP contribution in [0.25, 0.3) is 11.5 Å². The number of halogens is 1. The van der Waals surface area contributed by atoms with E-state index in [1.807, 2.05) is 24.3 Å². The maximum Gasteiger partial charge on any atom is 0.226 e. The Morgan fingerprint density at radius 1 is 0.919 bits per heavy atom. The fourth-order valence-electron chi connectivity index (χ4n) is 4.35. The summed E-state index contributed by atoms with van der Waals surface area (Å²) >= 11 is 0. The molecule has 0 aliphatic heterocycles. The molecule has 2 aromatic carbocycles. The van der Waals surface area contributed by atoms with Gasteiger partial charge in [0.2, 0.25) is 5.89 Å². The lowest BCUT2D eigenvalue weighted by molar-refractivity contribution is 0.292. The van der Waals surface area contributed by atoms with Gasteiger partial charge in [0, 0.05) is 23.2 Å². The van der Waals surface area contributed by atoms with Crippen molar-refractivity contribution in [2.45, 2.75) is 85.7 Å². The maximum atomic E-state index is 11.0. The van der Waals surface area contributed by atoms with E-state index in [-0.39, 0.29) is 23.2 Å². The number of aromatic hydroxyl groups is 1. The van der Waals surface area contributed by atoms with Crippen LogP contribution in [0.15, 0.2) is 47.1 Å². The molecule has 6 heteroatoms. The molecular formula is C31H45ClN2O3. The van der Waals surface area contributed by atoms with Gasteiger partial charge in [-0.1, -0.05) is 67.5 Å². The van der Waals surface area contributed by atoms with E-state index in [2.05, 4.69) is 77.4 Å². The normalized spacial score (nSPS) is 12.0. The molecule has 0 saturated carbocycles. The van der Waals surface area contributed by atoms with Crippen LogP contribution in [0.4, 0.5) is 0 Å². The van der Waals surface area contributed by atoms with Crippen molar-refractivity contribution in [1.82, 2.24) is 9.88 Å². The van der Waals surface area contributed by atoms with Crippen molar-refractivity contribution in [2.24, 2.45) is 0 Å². The number of oxazole rings is 1. The van der Waals surface area contributed by atoms with E-state index in [1.165, 1.54) is 12.0 Å². The molecule has 0 amide bonds. The Hall–Kier alpha value is -2.50. The summed E-state index contributed by atoms with van der Waals surface area (Å²) in [6.45, 7) is 20.7. The van der Waals surface area contributed by atoms with E-state index in [4.69, 9.17) is 9.15 Å². The zero-order valence-corrected chi connectivity index (χ0v) is 24.7. The molecule has 0 atom stereocenters. The first-order valence-electron chi connectivity index (χ1n) is 13.2. The average Bonchev–Trinajstić information content (AvgIpc) is 3.29. The van der Waals surface area contributed by atoms with Gasteiger partial charge in [0.1, 0.15) is 30.1 Å². The van der Waals surface area contributed by atoms with E-state index in [0.717, 1.165) is 54.2 Å². The predicted molar refractivity (Wildman–Crippen MR) is 155 cm³/mol. The van der Waals surface area contributed by atoms with Crippen LogP contribution in [0, 0.1) is 0 Å². The third kappa shape index (κ3) is 8.24. The number of benzene rings is 2. The molecule has 37 heavy (non-hydrogen) atoms. The largest absolute Gasteiger partial charge is 0.507 e. The van der Waals surface area contributed by atoms with Crippen molar-refractivity contribution in [1.29, 1.82) is 0 Å². The molecule has 0 radical (unpaired) electrons. The summed E-state index contributed by atoms with van der Waals surface area (Å²) in [5, 5.41) is 11.0. The molecule has 0 aliphatic rings.